The van der Waals surface area contributed by atoms with E-state index in [1.807, 2.05) is 30.3 Å². The Hall–Kier alpha value is -1.97. The summed E-state index contributed by atoms with van der Waals surface area (Å²) in [6, 6.07) is 8.70. The maximum absolute atomic E-state index is 13.1. The number of likely N-dealkylation sites (N-methyl/N-ethyl adjacent to an activating group) is 1. The first-order valence-electron chi connectivity index (χ1n) is 9.09. The monoisotopic (exact) mass is 396 g/mol. The first kappa shape index (κ1) is 21.3. The van der Waals surface area contributed by atoms with Crippen LogP contribution in [-0.2, 0) is 26.2 Å². The van der Waals surface area contributed by atoms with Crippen LogP contribution in [0.3, 0.4) is 0 Å². The van der Waals surface area contributed by atoms with Gasteiger partial charge in [-0.3, -0.25) is 9.59 Å². The zero-order chi connectivity index (χ0) is 19.9. The van der Waals surface area contributed by atoms with Gasteiger partial charge in [0.05, 0.1) is 12.3 Å². The lowest BCUT2D eigenvalue weighted by molar-refractivity contribution is -0.137. The van der Waals surface area contributed by atoms with Crippen LogP contribution in [0.15, 0.2) is 30.3 Å². The maximum Gasteiger partial charge on any atom is 0.245 e. The van der Waals surface area contributed by atoms with Crippen LogP contribution in [0.25, 0.3) is 0 Å². The second-order valence-corrected chi connectivity index (χ2v) is 8.92. The van der Waals surface area contributed by atoms with E-state index in [1.165, 1.54) is 11.9 Å². The van der Waals surface area contributed by atoms with E-state index in [9.17, 15) is 18.0 Å². The molecular weight excluding hydrogens is 368 g/mol. The summed E-state index contributed by atoms with van der Waals surface area (Å²) >= 11 is 0. The quantitative estimate of drug-likeness (QED) is 0.652. The van der Waals surface area contributed by atoms with Crippen LogP contribution in [0.1, 0.15) is 24.8 Å². The third-order valence-electron chi connectivity index (χ3n) is 4.57. The Morgan fingerprint density at radius 2 is 1.89 bits per heavy atom. The van der Waals surface area contributed by atoms with E-state index >= 15 is 0 Å². The van der Waals surface area contributed by atoms with Crippen LogP contribution in [0.5, 0.6) is 0 Å². The Morgan fingerprint density at radius 3 is 2.56 bits per heavy atom. The molecule has 0 radical (unpaired) electrons. The number of benzene rings is 1. The topological polar surface area (TPSA) is 113 Å². The molecule has 1 aromatic carbocycles. The molecule has 0 saturated carbocycles. The van der Waals surface area contributed by atoms with Crippen LogP contribution in [-0.4, -0.2) is 67.9 Å². The number of nitrogens with one attached hydrogen (secondary N) is 1. The van der Waals surface area contributed by atoms with Crippen molar-refractivity contribution in [3.8, 4) is 0 Å². The fourth-order valence-corrected chi connectivity index (χ4v) is 4.04. The van der Waals surface area contributed by atoms with E-state index in [0.717, 1.165) is 16.3 Å². The van der Waals surface area contributed by atoms with Gasteiger partial charge in [0, 0.05) is 20.1 Å². The maximum atomic E-state index is 13.1. The Morgan fingerprint density at radius 1 is 1.19 bits per heavy atom. The van der Waals surface area contributed by atoms with Crippen LogP contribution < -0.4 is 11.1 Å². The number of sulfonamides is 1. The molecule has 1 fully saturated rings. The smallest absolute Gasteiger partial charge is 0.245 e. The lowest BCUT2D eigenvalue weighted by Gasteiger charge is -2.31. The molecule has 0 spiro atoms. The molecule has 1 aliphatic heterocycles. The Labute approximate surface area is 160 Å². The number of nitrogens with two attached hydrogens (primary N) is 1. The van der Waals surface area contributed by atoms with Gasteiger partial charge < -0.3 is 16.0 Å². The van der Waals surface area contributed by atoms with Gasteiger partial charge in [0.15, 0.2) is 0 Å². The fourth-order valence-electron chi connectivity index (χ4n) is 2.96. The number of rotatable bonds is 6. The molecule has 2 amide bonds. The highest BCUT2D eigenvalue weighted by Crippen LogP contribution is 2.12. The van der Waals surface area contributed by atoms with Crippen molar-refractivity contribution < 1.29 is 18.0 Å². The first-order valence-corrected chi connectivity index (χ1v) is 10.7. The molecule has 0 aromatic heterocycles. The number of nitrogens with zero attached hydrogens (tertiary/aromatic N) is 2. The molecule has 2 rings (SSSR count). The highest BCUT2D eigenvalue weighted by Gasteiger charge is 2.31. The van der Waals surface area contributed by atoms with Crippen LogP contribution in [0, 0.1) is 0 Å². The standard InChI is InChI=1S/C18H28N4O4S/c1-21-14-17(23)20-16(9-5-6-10-19)18(24)22(11-12-27(21,25)26)13-15-7-3-2-4-8-15/h2-4,7-8,16H,5-6,9-14,19H2,1H3,(H,20,23)/t16-/m0/s1. The molecular formula is C18H28N4O4S. The number of amides is 2. The summed E-state index contributed by atoms with van der Waals surface area (Å²) in [4.78, 5) is 26.8. The molecule has 8 nitrogen and oxygen atoms in total. The van der Waals surface area contributed by atoms with E-state index in [0.29, 0.717) is 25.9 Å². The summed E-state index contributed by atoms with van der Waals surface area (Å²) < 4.78 is 25.7. The largest absolute Gasteiger partial charge is 0.343 e. The van der Waals surface area contributed by atoms with Crippen molar-refractivity contribution in [2.75, 3.05) is 32.4 Å². The van der Waals surface area contributed by atoms with Crippen molar-refractivity contribution in [2.45, 2.75) is 31.8 Å². The second kappa shape index (κ2) is 9.82. The van der Waals surface area contributed by atoms with Crippen LogP contribution >= 0.6 is 0 Å². The summed E-state index contributed by atoms with van der Waals surface area (Å²) in [5.74, 6) is -0.956. The van der Waals surface area contributed by atoms with Gasteiger partial charge in [0.1, 0.15) is 6.04 Å². The molecule has 1 atom stereocenters. The minimum atomic E-state index is -3.62. The molecule has 1 heterocycles. The number of unbranched alkanes of at least 4 members (excludes halogenated alkanes) is 1. The van der Waals surface area contributed by atoms with Gasteiger partial charge in [-0.15, -0.1) is 0 Å². The van der Waals surface area contributed by atoms with Gasteiger partial charge in [-0.25, -0.2) is 8.42 Å². The average molecular weight is 397 g/mol. The average Bonchev–Trinajstić information content (AvgIpc) is 2.64. The number of carbonyl (C=O) groups excluding carboxylic acids is 2. The van der Waals surface area contributed by atoms with Gasteiger partial charge >= 0.3 is 0 Å². The van der Waals surface area contributed by atoms with E-state index in [1.54, 1.807) is 0 Å². The van der Waals surface area contributed by atoms with Crippen molar-refractivity contribution in [1.29, 1.82) is 0 Å². The molecule has 0 aliphatic carbocycles. The lowest BCUT2D eigenvalue weighted by Crippen LogP contribution is -2.53. The van der Waals surface area contributed by atoms with Crippen molar-refractivity contribution in [3.63, 3.8) is 0 Å². The van der Waals surface area contributed by atoms with Gasteiger partial charge in [-0.05, 0) is 31.4 Å². The predicted molar refractivity (Wildman–Crippen MR) is 103 cm³/mol. The minimum Gasteiger partial charge on any atom is -0.343 e. The Bertz CT molecular complexity index is 739. The molecule has 1 aromatic rings. The highest BCUT2D eigenvalue weighted by molar-refractivity contribution is 7.89. The molecule has 1 aliphatic rings. The van der Waals surface area contributed by atoms with Crippen molar-refractivity contribution in [1.82, 2.24) is 14.5 Å². The Balaban J connectivity index is 2.25. The fraction of sp³-hybridized carbons (Fsp3) is 0.556. The summed E-state index contributed by atoms with van der Waals surface area (Å²) in [6.07, 6.45) is 1.94. The van der Waals surface area contributed by atoms with E-state index in [4.69, 9.17) is 5.73 Å². The summed E-state index contributed by atoms with van der Waals surface area (Å²) in [5.41, 5.74) is 6.43. The van der Waals surface area contributed by atoms with Crippen molar-refractivity contribution >= 4 is 21.8 Å². The normalized spacial score (nSPS) is 21.7. The van der Waals surface area contributed by atoms with E-state index in [2.05, 4.69) is 5.32 Å². The van der Waals surface area contributed by atoms with Gasteiger partial charge in [0.2, 0.25) is 21.8 Å². The predicted octanol–water partition coefficient (Wildman–Crippen LogP) is -0.0958. The molecule has 150 valence electrons. The molecule has 27 heavy (non-hydrogen) atoms. The van der Waals surface area contributed by atoms with E-state index < -0.39 is 22.0 Å². The molecule has 9 heteroatoms. The summed E-state index contributed by atoms with van der Waals surface area (Å²) in [7, 11) is -2.24. The van der Waals surface area contributed by atoms with Crippen LogP contribution in [0.4, 0.5) is 0 Å². The number of hydrogen-bond acceptors (Lipinski definition) is 5. The van der Waals surface area contributed by atoms with Gasteiger partial charge in [0.25, 0.3) is 0 Å². The zero-order valence-electron chi connectivity index (χ0n) is 15.6. The molecule has 3 N–H and O–H groups in total. The summed E-state index contributed by atoms with van der Waals surface area (Å²) in [5, 5.41) is 2.70. The molecule has 0 unspecified atom stereocenters. The highest BCUT2D eigenvalue weighted by atomic mass is 32.2. The second-order valence-electron chi connectivity index (χ2n) is 6.72. The molecule has 1 saturated heterocycles. The van der Waals surface area contributed by atoms with Crippen molar-refractivity contribution in [3.05, 3.63) is 35.9 Å². The van der Waals surface area contributed by atoms with Gasteiger partial charge in [-0.1, -0.05) is 30.3 Å². The third-order valence-corrected chi connectivity index (χ3v) is 6.35. The van der Waals surface area contributed by atoms with Gasteiger partial charge in [-0.2, -0.15) is 4.31 Å². The lowest BCUT2D eigenvalue weighted by atomic mass is 10.1. The van der Waals surface area contributed by atoms with Crippen LogP contribution in [0.2, 0.25) is 0 Å². The minimum absolute atomic E-state index is 0.0731. The number of carbonyl (C=O) groups is 2. The molecule has 0 bridgehead atoms. The first-order chi connectivity index (χ1) is 12.8. The number of hydrogen-bond donors (Lipinski definition) is 2. The zero-order valence-corrected chi connectivity index (χ0v) is 16.5. The SMILES string of the molecule is CN1CC(=O)N[C@@H](CCCCN)C(=O)N(Cc2ccccc2)CCS1(=O)=O. The Kier molecular flexibility index (Phi) is 7.76. The van der Waals surface area contributed by atoms with E-state index in [-0.39, 0.29) is 24.7 Å². The summed E-state index contributed by atoms with van der Waals surface area (Å²) in [6.45, 7) is 0.594. The van der Waals surface area contributed by atoms with Crippen molar-refractivity contribution in [2.24, 2.45) is 5.73 Å². The third kappa shape index (κ3) is 6.30.